The molecule has 4 nitrogen and oxygen atoms in total. The zero-order valence-corrected chi connectivity index (χ0v) is 15.0. The van der Waals surface area contributed by atoms with Gasteiger partial charge in [0.25, 0.3) is 5.91 Å². The van der Waals surface area contributed by atoms with E-state index in [1.807, 2.05) is 0 Å². The van der Waals surface area contributed by atoms with Crippen LogP contribution in [0.15, 0.2) is 60.8 Å². The number of pyridine rings is 1. The highest BCUT2D eigenvalue weighted by atomic mass is 35.5. The van der Waals surface area contributed by atoms with Gasteiger partial charge in [-0.1, -0.05) is 35.3 Å². The number of aromatic nitrogens is 1. The molecular weight excluding hydrogens is 376 g/mol. The van der Waals surface area contributed by atoms with Crippen molar-refractivity contribution < 1.29 is 9.18 Å². The van der Waals surface area contributed by atoms with Gasteiger partial charge in [0.05, 0.1) is 10.0 Å². The minimum atomic E-state index is -0.296. The summed E-state index contributed by atoms with van der Waals surface area (Å²) in [6.07, 6.45) is 1.54. The van der Waals surface area contributed by atoms with Gasteiger partial charge in [0, 0.05) is 24.0 Å². The lowest BCUT2D eigenvalue weighted by atomic mass is 10.2. The van der Waals surface area contributed by atoms with Crippen LogP contribution in [0.2, 0.25) is 10.0 Å². The van der Waals surface area contributed by atoms with Crippen molar-refractivity contribution >= 4 is 40.6 Å². The molecule has 1 amide bonds. The number of rotatable bonds is 5. The Labute approximate surface area is 160 Å². The summed E-state index contributed by atoms with van der Waals surface area (Å²) < 4.78 is 12.9. The quantitative estimate of drug-likeness (QED) is 0.614. The van der Waals surface area contributed by atoms with Crippen LogP contribution < -0.4 is 10.6 Å². The van der Waals surface area contributed by atoms with Crippen LogP contribution in [0.1, 0.15) is 15.9 Å². The first-order valence-corrected chi connectivity index (χ1v) is 8.47. The van der Waals surface area contributed by atoms with Gasteiger partial charge in [-0.2, -0.15) is 0 Å². The van der Waals surface area contributed by atoms with Crippen LogP contribution in [0.5, 0.6) is 0 Å². The van der Waals surface area contributed by atoms with Gasteiger partial charge < -0.3 is 10.6 Å². The van der Waals surface area contributed by atoms with Crippen molar-refractivity contribution in [3.8, 4) is 0 Å². The molecule has 3 rings (SSSR count). The standard InChI is InChI=1S/C19H14Cl2FN3O/c20-16-6-5-15(10-17(16)21)25-19(26)13-7-8-23-18(9-13)24-11-12-1-3-14(22)4-2-12/h1-10H,11H2,(H,23,24)(H,25,26). The lowest BCUT2D eigenvalue weighted by molar-refractivity contribution is 0.102. The summed E-state index contributed by atoms with van der Waals surface area (Å²) >= 11 is 11.8. The van der Waals surface area contributed by atoms with Gasteiger partial charge in [-0.3, -0.25) is 4.79 Å². The molecule has 0 aliphatic rings. The van der Waals surface area contributed by atoms with Crippen molar-refractivity contribution in [3.63, 3.8) is 0 Å². The van der Waals surface area contributed by atoms with E-state index in [1.165, 1.54) is 18.3 Å². The van der Waals surface area contributed by atoms with Gasteiger partial charge >= 0.3 is 0 Å². The van der Waals surface area contributed by atoms with E-state index in [4.69, 9.17) is 23.2 Å². The van der Waals surface area contributed by atoms with E-state index in [-0.39, 0.29) is 11.7 Å². The van der Waals surface area contributed by atoms with E-state index in [0.717, 1.165) is 5.56 Å². The average Bonchev–Trinajstić information content (AvgIpc) is 2.64. The second-order valence-electron chi connectivity index (χ2n) is 5.49. The van der Waals surface area contributed by atoms with E-state index >= 15 is 0 Å². The summed E-state index contributed by atoms with van der Waals surface area (Å²) in [4.78, 5) is 16.6. The van der Waals surface area contributed by atoms with Gasteiger partial charge in [0.1, 0.15) is 11.6 Å². The largest absolute Gasteiger partial charge is 0.366 e. The van der Waals surface area contributed by atoms with Gasteiger partial charge in [0.15, 0.2) is 0 Å². The Morgan fingerprint density at radius 1 is 1.00 bits per heavy atom. The molecule has 1 heterocycles. The van der Waals surface area contributed by atoms with Crippen molar-refractivity contribution in [2.75, 3.05) is 10.6 Å². The van der Waals surface area contributed by atoms with Crippen LogP contribution in [-0.2, 0) is 6.54 Å². The highest BCUT2D eigenvalue weighted by Gasteiger charge is 2.09. The predicted molar refractivity (Wildman–Crippen MR) is 102 cm³/mol. The molecule has 0 saturated carbocycles. The van der Waals surface area contributed by atoms with E-state index in [9.17, 15) is 9.18 Å². The van der Waals surface area contributed by atoms with Gasteiger partial charge in [-0.15, -0.1) is 0 Å². The smallest absolute Gasteiger partial charge is 0.255 e. The molecule has 2 N–H and O–H groups in total. The summed E-state index contributed by atoms with van der Waals surface area (Å²) in [6.45, 7) is 0.463. The highest BCUT2D eigenvalue weighted by Crippen LogP contribution is 2.25. The molecule has 0 bridgehead atoms. The Morgan fingerprint density at radius 2 is 1.77 bits per heavy atom. The van der Waals surface area contributed by atoms with E-state index in [1.54, 1.807) is 42.5 Å². The molecule has 0 aliphatic carbocycles. The zero-order valence-electron chi connectivity index (χ0n) is 13.5. The number of anilines is 2. The number of carbonyl (C=O) groups is 1. The molecule has 26 heavy (non-hydrogen) atoms. The number of amides is 1. The van der Waals surface area contributed by atoms with Crippen LogP contribution in [-0.4, -0.2) is 10.9 Å². The molecule has 132 valence electrons. The first-order chi connectivity index (χ1) is 12.5. The fourth-order valence-corrected chi connectivity index (χ4v) is 2.54. The van der Waals surface area contributed by atoms with Gasteiger partial charge in [0.2, 0.25) is 0 Å². The van der Waals surface area contributed by atoms with Crippen LogP contribution in [0.4, 0.5) is 15.9 Å². The fourth-order valence-electron chi connectivity index (χ4n) is 2.24. The Morgan fingerprint density at radius 3 is 2.50 bits per heavy atom. The molecule has 7 heteroatoms. The third-order valence-electron chi connectivity index (χ3n) is 3.59. The molecule has 0 atom stereocenters. The summed E-state index contributed by atoms with van der Waals surface area (Å²) in [5.41, 5.74) is 1.88. The number of halogens is 3. The summed E-state index contributed by atoms with van der Waals surface area (Å²) in [7, 11) is 0. The predicted octanol–water partition coefficient (Wildman–Crippen LogP) is 5.39. The second-order valence-corrected chi connectivity index (χ2v) is 6.31. The maximum atomic E-state index is 12.9. The SMILES string of the molecule is O=C(Nc1ccc(Cl)c(Cl)c1)c1ccnc(NCc2ccc(F)cc2)c1. The lowest BCUT2D eigenvalue weighted by Gasteiger charge is -2.09. The van der Waals surface area contributed by atoms with Crippen LogP contribution in [0.3, 0.4) is 0 Å². The molecule has 3 aromatic rings. The topological polar surface area (TPSA) is 54.0 Å². The first kappa shape index (κ1) is 18.2. The van der Waals surface area contributed by atoms with Crippen LogP contribution in [0, 0.1) is 5.82 Å². The third-order valence-corrected chi connectivity index (χ3v) is 4.33. The van der Waals surface area contributed by atoms with Crippen molar-refractivity contribution in [1.29, 1.82) is 0 Å². The number of nitrogens with one attached hydrogen (secondary N) is 2. The van der Waals surface area contributed by atoms with Crippen LogP contribution in [0.25, 0.3) is 0 Å². The highest BCUT2D eigenvalue weighted by molar-refractivity contribution is 6.42. The molecule has 0 radical (unpaired) electrons. The third kappa shape index (κ3) is 4.71. The number of nitrogens with zero attached hydrogens (tertiary/aromatic N) is 1. The minimum absolute atomic E-state index is 0.284. The summed E-state index contributed by atoms with van der Waals surface area (Å²) in [5, 5.41) is 6.64. The van der Waals surface area contributed by atoms with E-state index in [0.29, 0.717) is 33.7 Å². The van der Waals surface area contributed by atoms with E-state index in [2.05, 4.69) is 15.6 Å². The molecule has 0 unspecified atom stereocenters. The number of benzene rings is 2. The molecule has 0 spiro atoms. The van der Waals surface area contributed by atoms with Crippen molar-refractivity contribution in [3.05, 3.63) is 87.8 Å². The monoisotopic (exact) mass is 389 g/mol. The maximum absolute atomic E-state index is 12.9. The summed E-state index contributed by atoms with van der Waals surface area (Å²) in [6, 6.07) is 14.3. The van der Waals surface area contributed by atoms with Crippen molar-refractivity contribution in [2.24, 2.45) is 0 Å². The maximum Gasteiger partial charge on any atom is 0.255 e. The Hall–Kier alpha value is -2.63. The number of hydrogen-bond acceptors (Lipinski definition) is 3. The van der Waals surface area contributed by atoms with E-state index < -0.39 is 0 Å². The minimum Gasteiger partial charge on any atom is -0.366 e. The van der Waals surface area contributed by atoms with Crippen molar-refractivity contribution in [1.82, 2.24) is 4.98 Å². The first-order valence-electron chi connectivity index (χ1n) is 7.72. The van der Waals surface area contributed by atoms with Crippen molar-refractivity contribution in [2.45, 2.75) is 6.54 Å². The second kappa shape index (κ2) is 8.17. The Kier molecular flexibility index (Phi) is 5.71. The summed E-state index contributed by atoms with van der Waals surface area (Å²) in [5.74, 6) is -0.0421. The van der Waals surface area contributed by atoms with Crippen LogP contribution >= 0.6 is 23.2 Å². The fraction of sp³-hybridized carbons (Fsp3) is 0.0526. The molecular formula is C19H14Cl2FN3O. The number of hydrogen-bond donors (Lipinski definition) is 2. The Bertz CT molecular complexity index is 932. The Balaban J connectivity index is 1.66. The molecule has 0 aliphatic heterocycles. The van der Waals surface area contributed by atoms with Gasteiger partial charge in [-0.25, -0.2) is 9.37 Å². The van der Waals surface area contributed by atoms with Gasteiger partial charge in [-0.05, 0) is 48.0 Å². The molecule has 1 aromatic heterocycles. The molecule has 0 saturated heterocycles. The normalized spacial score (nSPS) is 10.4. The average molecular weight is 390 g/mol. The number of carbonyl (C=O) groups excluding carboxylic acids is 1. The zero-order chi connectivity index (χ0) is 18.5. The molecule has 2 aromatic carbocycles. The lowest BCUT2D eigenvalue weighted by Crippen LogP contribution is -2.12. The molecule has 0 fully saturated rings.